The topological polar surface area (TPSA) is 159 Å². The molecule has 5 aliphatic rings. The third kappa shape index (κ3) is 4.71. The van der Waals surface area contributed by atoms with Crippen molar-refractivity contribution in [1.82, 2.24) is 10.4 Å². The standard InChI is InChI=1S/C28H32N2O11/c1-27(2)13-36-25(34)23(27)40-18(32)8-7-15-3-5-16(6-4-15)12-30-21-24(33)39-17-11-28(21,26(35)29-9-10-31)22(41-30)20-19(17)37-14-38-20/h3-8,17,19-23,31H,9-14H2,1-2H3,(H,29,35)/t17-,19+,20+,21+,22-,23+,28+/m1/s1. The molecule has 1 aromatic carbocycles. The van der Waals surface area contributed by atoms with Gasteiger partial charge in [0.25, 0.3) is 0 Å². The number of amides is 1. The summed E-state index contributed by atoms with van der Waals surface area (Å²) in [5, 5.41) is 13.5. The Balaban J connectivity index is 1.17. The number of esters is 3. The van der Waals surface area contributed by atoms with Crippen molar-refractivity contribution in [3.63, 3.8) is 0 Å². The fraction of sp³-hybridized carbons (Fsp3) is 0.571. The molecule has 0 aromatic heterocycles. The van der Waals surface area contributed by atoms with Crippen LogP contribution in [0.15, 0.2) is 30.3 Å². The zero-order chi connectivity index (χ0) is 28.9. The van der Waals surface area contributed by atoms with Crippen LogP contribution in [0.25, 0.3) is 6.08 Å². The van der Waals surface area contributed by atoms with E-state index >= 15 is 0 Å². The highest BCUT2D eigenvalue weighted by Gasteiger charge is 2.74. The van der Waals surface area contributed by atoms with Crippen molar-refractivity contribution in [2.24, 2.45) is 10.8 Å². The molecule has 7 atom stereocenters. The van der Waals surface area contributed by atoms with Crippen molar-refractivity contribution in [3.05, 3.63) is 41.5 Å². The number of carbonyl (C=O) groups excluding carboxylic acids is 4. The summed E-state index contributed by atoms with van der Waals surface area (Å²) in [5.41, 5.74) is -0.388. The van der Waals surface area contributed by atoms with E-state index in [4.69, 9.17) is 28.5 Å². The number of aliphatic hydroxyl groups is 1. The van der Waals surface area contributed by atoms with Crippen LogP contribution in [0.4, 0.5) is 0 Å². The predicted molar refractivity (Wildman–Crippen MR) is 136 cm³/mol. The third-order valence-electron chi connectivity index (χ3n) is 8.37. The molecule has 0 spiro atoms. The number of hydroxylamine groups is 2. The summed E-state index contributed by atoms with van der Waals surface area (Å²) in [6.45, 7) is 3.73. The minimum atomic E-state index is -1.27. The third-order valence-corrected chi connectivity index (χ3v) is 8.37. The van der Waals surface area contributed by atoms with Gasteiger partial charge in [-0.25, -0.2) is 9.59 Å². The maximum atomic E-state index is 13.5. The van der Waals surface area contributed by atoms with Gasteiger partial charge in [-0.15, -0.1) is 0 Å². The van der Waals surface area contributed by atoms with Crippen molar-refractivity contribution in [2.75, 3.05) is 26.6 Å². The fourth-order valence-corrected chi connectivity index (χ4v) is 6.34. The first-order chi connectivity index (χ1) is 19.6. The average molecular weight is 573 g/mol. The van der Waals surface area contributed by atoms with E-state index in [2.05, 4.69) is 5.32 Å². The van der Waals surface area contributed by atoms with Crippen LogP contribution in [-0.2, 0) is 54.2 Å². The van der Waals surface area contributed by atoms with Gasteiger partial charge in [0.2, 0.25) is 12.0 Å². The van der Waals surface area contributed by atoms with Crippen LogP contribution in [0.2, 0.25) is 0 Å². The van der Waals surface area contributed by atoms with Crippen LogP contribution in [0, 0.1) is 10.8 Å². The van der Waals surface area contributed by atoms with Gasteiger partial charge in [0.15, 0.2) is 6.04 Å². The summed E-state index contributed by atoms with van der Waals surface area (Å²) in [5.74, 6) is -2.20. The van der Waals surface area contributed by atoms with Crippen molar-refractivity contribution in [2.45, 2.75) is 63.4 Å². The maximum absolute atomic E-state index is 13.5. The predicted octanol–water partition coefficient (Wildman–Crippen LogP) is -0.155. The molecule has 4 saturated heterocycles. The Morgan fingerprint density at radius 3 is 2.61 bits per heavy atom. The number of hydrogen-bond acceptors (Lipinski definition) is 12. The summed E-state index contributed by atoms with van der Waals surface area (Å²) in [6.07, 6.45) is -0.497. The van der Waals surface area contributed by atoms with Gasteiger partial charge in [-0.2, -0.15) is 5.06 Å². The van der Waals surface area contributed by atoms with E-state index in [0.717, 1.165) is 5.56 Å². The molecular weight excluding hydrogens is 540 g/mol. The Morgan fingerprint density at radius 1 is 1.15 bits per heavy atom. The SMILES string of the molecule is CC1(C)COC(=O)[C@@H]1OC(=O)C=Cc1ccc(CN2O[C@@H]3[C@H]4OCO[C@H]4[C@H]4C[C@]3(C(=O)NCCO)[C@@H]2C(=O)O4)cc1. The summed E-state index contributed by atoms with van der Waals surface area (Å²) in [7, 11) is 0. The van der Waals surface area contributed by atoms with Gasteiger partial charge in [-0.3, -0.25) is 14.4 Å². The smallest absolute Gasteiger partial charge is 0.348 e. The van der Waals surface area contributed by atoms with Gasteiger partial charge in [0.05, 0.1) is 13.2 Å². The minimum Gasteiger partial charge on any atom is -0.462 e. The highest BCUT2D eigenvalue weighted by molar-refractivity contribution is 5.93. The molecule has 220 valence electrons. The van der Waals surface area contributed by atoms with Crippen molar-refractivity contribution < 1.29 is 52.8 Å². The second-order valence-electron chi connectivity index (χ2n) is 11.6. The number of nitrogens with zero attached hydrogens (tertiary/aromatic N) is 1. The van der Waals surface area contributed by atoms with E-state index in [1.165, 1.54) is 11.1 Å². The Hall–Kier alpha value is -3.36. The Kier molecular flexibility index (Phi) is 7.10. The Morgan fingerprint density at radius 2 is 1.90 bits per heavy atom. The number of nitrogens with one attached hydrogen (secondary N) is 1. The molecule has 1 aromatic rings. The van der Waals surface area contributed by atoms with E-state index in [1.54, 1.807) is 44.2 Å². The Labute approximate surface area is 235 Å². The lowest BCUT2D eigenvalue weighted by Gasteiger charge is -2.48. The van der Waals surface area contributed by atoms with Crippen molar-refractivity contribution in [1.29, 1.82) is 0 Å². The van der Waals surface area contributed by atoms with Gasteiger partial charge in [0.1, 0.15) is 43.2 Å². The largest absolute Gasteiger partial charge is 0.462 e. The summed E-state index contributed by atoms with van der Waals surface area (Å²) >= 11 is 0. The number of fused-ring (bicyclic) bond motifs is 4. The Bertz CT molecular complexity index is 1260. The maximum Gasteiger partial charge on any atom is 0.348 e. The van der Waals surface area contributed by atoms with Gasteiger partial charge >= 0.3 is 17.9 Å². The van der Waals surface area contributed by atoms with Gasteiger partial charge < -0.3 is 34.1 Å². The lowest BCUT2D eigenvalue weighted by Crippen LogP contribution is -2.69. The van der Waals surface area contributed by atoms with Crippen LogP contribution in [0.3, 0.4) is 0 Å². The highest BCUT2D eigenvalue weighted by Crippen LogP contribution is 2.55. The molecule has 6 rings (SSSR count). The molecule has 13 heteroatoms. The fourth-order valence-electron chi connectivity index (χ4n) is 6.34. The highest BCUT2D eigenvalue weighted by atomic mass is 16.8. The van der Waals surface area contributed by atoms with E-state index in [9.17, 15) is 24.3 Å². The molecule has 0 unspecified atom stereocenters. The average Bonchev–Trinajstić information content (AvgIpc) is 3.63. The minimum absolute atomic E-state index is 0.00722. The van der Waals surface area contributed by atoms with Crippen molar-refractivity contribution >= 4 is 29.9 Å². The molecule has 2 bridgehead atoms. The van der Waals surface area contributed by atoms with E-state index in [-0.39, 0.29) is 39.5 Å². The lowest BCUT2D eigenvalue weighted by atomic mass is 9.62. The molecule has 4 aliphatic heterocycles. The second-order valence-corrected chi connectivity index (χ2v) is 11.6. The zero-order valence-corrected chi connectivity index (χ0v) is 22.6. The molecule has 0 radical (unpaired) electrons. The summed E-state index contributed by atoms with van der Waals surface area (Å²) in [6, 6.07) is 6.15. The number of cyclic esters (lactones) is 1. The monoisotopic (exact) mass is 572 g/mol. The molecule has 13 nitrogen and oxygen atoms in total. The van der Waals surface area contributed by atoms with Gasteiger partial charge in [-0.1, -0.05) is 38.1 Å². The number of rotatable bonds is 8. The molecule has 5 fully saturated rings. The van der Waals surface area contributed by atoms with Gasteiger partial charge in [0, 0.05) is 24.5 Å². The van der Waals surface area contributed by atoms with Crippen molar-refractivity contribution in [3.8, 4) is 0 Å². The summed E-state index contributed by atoms with van der Waals surface area (Å²) < 4.78 is 27.5. The van der Waals surface area contributed by atoms with Gasteiger partial charge in [-0.05, 0) is 17.2 Å². The lowest BCUT2D eigenvalue weighted by molar-refractivity contribution is -0.201. The number of carbonyl (C=O) groups is 4. The number of benzene rings is 1. The number of aliphatic hydroxyl groups excluding tert-OH is 1. The zero-order valence-electron chi connectivity index (χ0n) is 22.6. The summed E-state index contributed by atoms with van der Waals surface area (Å²) in [4.78, 5) is 57.2. The van der Waals surface area contributed by atoms with Crippen LogP contribution in [0.5, 0.6) is 0 Å². The molecule has 1 aliphatic carbocycles. The number of ether oxygens (including phenoxy) is 5. The molecular formula is C28H32N2O11. The molecule has 4 heterocycles. The first kappa shape index (κ1) is 27.8. The van der Waals surface area contributed by atoms with Crippen LogP contribution in [0.1, 0.15) is 31.4 Å². The quantitative estimate of drug-likeness (QED) is 0.241. The normalized spacial score (nSPS) is 35.2. The van der Waals surface area contributed by atoms with Crippen LogP contribution < -0.4 is 5.32 Å². The van der Waals surface area contributed by atoms with E-state index in [0.29, 0.717) is 5.56 Å². The number of hydrogen-bond donors (Lipinski definition) is 2. The van der Waals surface area contributed by atoms with Crippen LogP contribution >= 0.6 is 0 Å². The van der Waals surface area contributed by atoms with E-state index in [1.807, 2.05) is 0 Å². The molecule has 41 heavy (non-hydrogen) atoms. The molecule has 1 amide bonds. The first-order valence-electron chi connectivity index (χ1n) is 13.5. The van der Waals surface area contributed by atoms with Crippen LogP contribution in [-0.4, -0.2) is 97.1 Å². The molecule has 2 N–H and O–H groups in total. The molecule has 1 saturated carbocycles. The first-order valence-corrected chi connectivity index (χ1v) is 13.5. The second kappa shape index (κ2) is 10.5. The van der Waals surface area contributed by atoms with E-state index < -0.39 is 71.2 Å².